The van der Waals surface area contributed by atoms with Gasteiger partial charge in [0.25, 0.3) is 0 Å². The molecule has 7 rings (SSSR count). The van der Waals surface area contributed by atoms with Gasteiger partial charge in [0.2, 0.25) is 11.8 Å². The Hall–Kier alpha value is -6.64. The van der Waals surface area contributed by atoms with Gasteiger partial charge in [-0.1, -0.05) is 74.5 Å². The van der Waals surface area contributed by atoms with E-state index in [4.69, 9.17) is 4.74 Å². The smallest absolute Gasteiger partial charge is 0.407 e. The third kappa shape index (κ3) is 8.67. The molecule has 0 radical (unpaired) electrons. The number of H-pyrrole nitrogens is 2. The predicted octanol–water partition coefficient (Wildman–Crippen LogP) is 6.43. The lowest BCUT2D eigenvalue weighted by molar-refractivity contribution is -0.135. The number of aromatic nitrogens is 4. The van der Waals surface area contributed by atoms with Gasteiger partial charge in [-0.25, -0.2) is 19.6 Å². The van der Waals surface area contributed by atoms with Crippen LogP contribution in [0.4, 0.5) is 9.59 Å². The lowest BCUT2D eigenvalue weighted by Gasteiger charge is -2.30. The van der Waals surface area contributed by atoms with Crippen LogP contribution in [0.15, 0.2) is 85.2 Å². The maximum absolute atomic E-state index is 13.7. The van der Waals surface area contributed by atoms with Gasteiger partial charge >= 0.3 is 12.2 Å². The number of benzene rings is 3. The summed E-state index contributed by atoms with van der Waals surface area (Å²) < 4.78 is 4.75. The van der Waals surface area contributed by atoms with Crippen molar-refractivity contribution in [3.8, 4) is 39.4 Å². The summed E-state index contributed by atoms with van der Waals surface area (Å²) in [7, 11) is 1.28. The Morgan fingerprint density at radius 3 is 1.69 bits per heavy atom. The molecule has 0 saturated carbocycles. The number of carbonyl (C=O) groups excluding carboxylic acids is 3. The van der Waals surface area contributed by atoms with Crippen LogP contribution in [0, 0.1) is 5.92 Å². The molecule has 15 heteroatoms. The maximum Gasteiger partial charge on any atom is 0.407 e. The van der Waals surface area contributed by atoms with Crippen molar-refractivity contribution < 1.29 is 34.1 Å². The number of hydrogen-bond donors (Lipinski definition) is 6. The first-order valence-corrected chi connectivity index (χ1v) is 19.5. The Bertz CT molecular complexity index is 2230. The fourth-order valence-electron chi connectivity index (χ4n) is 7.91. The van der Waals surface area contributed by atoms with Gasteiger partial charge in [-0.3, -0.25) is 9.59 Å². The van der Waals surface area contributed by atoms with Crippen LogP contribution in [0.25, 0.3) is 33.6 Å². The number of phenolic OH excluding ortho intramolecular Hbond substituents is 1. The van der Waals surface area contributed by atoms with E-state index in [1.54, 1.807) is 34.3 Å². The van der Waals surface area contributed by atoms with E-state index in [9.17, 15) is 29.4 Å². The van der Waals surface area contributed by atoms with Crippen LogP contribution in [0.1, 0.15) is 68.8 Å². The quantitative estimate of drug-likeness (QED) is 0.0823. The molecule has 2 aliphatic rings. The van der Waals surface area contributed by atoms with E-state index in [-0.39, 0.29) is 42.0 Å². The molecule has 3 aromatic carbocycles. The van der Waals surface area contributed by atoms with Crippen LogP contribution in [0.2, 0.25) is 0 Å². The van der Waals surface area contributed by atoms with Gasteiger partial charge in [-0.2, -0.15) is 0 Å². The minimum absolute atomic E-state index is 0.0919. The number of rotatable bonds is 12. The van der Waals surface area contributed by atoms with E-state index >= 15 is 0 Å². The zero-order valence-electron chi connectivity index (χ0n) is 32.6. The Morgan fingerprint density at radius 2 is 1.22 bits per heavy atom. The monoisotopic (exact) mass is 788 g/mol. The average Bonchev–Trinajstić information content (AvgIpc) is 4.07. The van der Waals surface area contributed by atoms with E-state index in [0.29, 0.717) is 31.2 Å². The largest absolute Gasteiger partial charge is 0.508 e. The first-order valence-electron chi connectivity index (χ1n) is 19.5. The topological polar surface area (TPSA) is 206 Å². The van der Waals surface area contributed by atoms with Crippen molar-refractivity contribution in [2.75, 3.05) is 20.2 Å². The summed E-state index contributed by atoms with van der Waals surface area (Å²) in [5.41, 5.74) is 6.31. The van der Waals surface area contributed by atoms with E-state index in [1.165, 1.54) is 19.2 Å². The van der Waals surface area contributed by atoms with Crippen molar-refractivity contribution in [1.29, 1.82) is 0 Å². The fraction of sp³-hybridized carbons (Fsp3) is 0.349. The fourth-order valence-corrected chi connectivity index (χ4v) is 7.91. The number of carboxylic acid groups (broad SMARTS) is 1. The maximum atomic E-state index is 13.7. The predicted molar refractivity (Wildman–Crippen MR) is 215 cm³/mol. The van der Waals surface area contributed by atoms with Crippen LogP contribution >= 0.6 is 0 Å². The first-order chi connectivity index (χ1) is 28.0. The average molecular weight is 789 g/mol. The molecule has 2 fully saturated rings. The Morgan fingerprint density at radius 1 is 0.741 bits per heavy atom. The highest BCUT2D eigenvalue weighted by Crippen LogP contribution is 2.35. The lowest BCUT2D eigenvalue weighted by Crippen LogP contribution is -2.51. The molecule has 4 atom stereocenters. The molecule has 4 heterocycles. The molecule has 2 aliphatic heterocycles. The number of amides is 4. The standard InChI is InChI=1S/C43H48N8O7/c1-25(2)37(49-43(57)58-3)41(54)51-21-5-7-36(51)39-45-24-34(47-39)30-16-12-28(13-17-30)27-10-14-29(15-11-27)33-23-44-38(46-33)35-6-4-20-50(35)40(53)32(48-42(55)56)22-26-8-18-31(52)19-9-26/h8-19,23-25,32,35-37,48,52H,4-7,20-22H2,1-3H3,(H,44,46)(H,45,47)(H,49,57)(H,55,56)/t32-,35-,36?,37-/m0/s1. The van der Waals surface area contributed by atoms with Crippen molar-refractivity contribution in [3.05, 3.63) is 102 Å². The van der Waals surface area contributed by atoms with Crippen LogP contribution in [0.3, 0.4) is 0 Å². The molecular weight excluding hydrogens is 741 g/mol. The number of likely N-dealkylation sites (tertiary alicyclic amines) is 2. The van der Waals surface area contributed by atoms with Gasteiger partial charge in [-0.05, 0) is 71.6 Å². The number of imidazole rings is 2. The number of methoxy groups -OCH3 is 1. The number of nitrogens with zero attached hydrogens (tertiary/aromatic N) is 4. The van der Waals surface area contributed by atoms with Crippen LogP contribution in [-0.4, -0.2) is 96.2 Å². The third-order valence-electron chi connectivity index (χ3n) is 11.0. The molecular formula is C43H48N8O7. The van der Waals surface area contributed by atoms with E-state index in [1.807, 2.05) is 50.2 Å². The Kier molecular flexibility index (Phi) is 11.8. The molecule has 0 bridgehead atoms. The van der Waals surface area contributed by atoms with Crippen molar-refractivity contribution in [2.24, 2.45) is 5.92 Å². The third-order valence-corrected chi connectivity index (χ3v) is 11.0. The van der Waals surface area contributed by atoms with Crippen molar-refractivity contribution >= 4 is 24.0 Å². The minimum Gasteiger partial charge on any atom is -0.508 e. The van der Waals surface area contributed by atoms with Gasteiger partial charge < -0.3 is 45.4 Å². The second-order valence-corrected chi connectivity index (χ2v) is 15.1. The molecule has 5 aromatic rings. The van der Waals surface area contributed by atoms with Gasteiger partial charge in [0, 0.05) is 19.5 Å². The molecule has 58 heavy (non-hydrogen) atoms. The van der Waals surface area contributed by atoms with Crippen molar-refractivity contribution in [3.63, 3.8) is 0 Å². The van der Waals surface area contributed by atoms with E-state index < -0.39 is 24.3 Å². The second kappa shape index (κ2) is 17.2. The summed E-state index contributed by atoms with van der Waals surface area (Å²) in [4.78, 5) is 70.5. The summed E-state index contributed by atoms with van der Waals surface area (Å²) in [6, 6.07) is 20.4. The summed E-state index contributed by atoms with van der Waals surface area (Å²) in [5, 5.41) is 24.2. The SMILES string of the molecule is COC(=O)N[C@H](C(=O)N1CCCC1c1ncc(-c2ccc(-c3ccc(-c4cnc([C@@H]5CCCN5C(=O)[C@H](Cc5ccc(O)cc5)NC(=O)O)[nH]4)cc3)cc2)[nH]1)C(C)C. The number of phenols is 1. The number of aromatic amines is 2. The van der Waals surface area contributed by atoms with Crippen LogP contribution in [0.5, 0.6) is 5.75 Å². The molecule has 2 aromatic heterocycles. The highest BCUT2D eigenvalue weighted by Gasteiger charge is 2.38. The summed E-state index contributed by atoms with van der Waals surface area (Å²) in [5.74, 6) is 0.854. The Balaban J connectivity index is 0.997. The summed E-state index contributed by atoms with van der Waals surface area (Å²) >= 11 is 0. The number of nitrogens with one attached hydrogen (secondary N) is 4. The molecule has 15 nitrogen and oxygen atoms in total. The molecule has 2 saturated heterocycles. The number of ether oxygens (including phenoxy) is 1. The minimum atomic E-state index is -1.28. The van der Waals surface area contributed by atoms with Gasteiger partial charge in [0.05, 0.1) is 43.0 Å². The van der Waals surface area contributed by atoms with E-state index in [0.717, 1.165) is 58.5 Å². The van der Waals surface area contributed by atoms with Crippen molar-refractivity contribution in [2.45, 2.75) is 70.1 Å². The summed E-state index contributed by atoms with van der Waals surface area (Å²) in [6.45, 7) is 4.85. The number of hydrogen-bond acceptors (Lipinski definition) is 8. The molecule has 0 spiro atoms. The van der Waals surface area contributed by atoms with Gasteiger partial charge in [-0.15, -0.1) is 0 Å². The number of carbonyl (C=O) groups is 4. The number of alkyl carbamates (subject to hydrolysis) is 1. The normalized spacial score (nSPS) is 17.6. The molecule has 4 amide bonds. The number of aromatic hydroxyl groups is 1. The Labute approximate surface area is 335 Å². The highest BCUT2D eigenvalue weighted by molar-refractivity contribution is 5.87. The molecule has 6 N–H and O–H groups in total. The zero-order chi connectivity index (χ0) is 40.9. The van der Waals surface area contributed by atoms with Crippen molar-refractivity contribution in [1.82, 2.24) is 40.4 Å². The first kappa shape index (κ1) is 39.6. The molecule has 0 aliphatic carbocycles. The summed E-state index contributed by atoms with van der Waals surface area (Å²) in [6.07, 6.45) is 4.84. The second-order valence-electron chi connectivity index (χ2n) is 15.1. The van der Waals surface area contributed by atoms with Crippen LogP contribution in [-0.2, 0) is 20.7 Å². The highest BCUT2D eigenvalue weighted by atomic mass is 16.5. The lowest BCUT2D eigenvalue weighted by atomic mass is 10.0. The molecule has 1 unspecified atom stereocenters. The van der Waals surface area contributed by atoms with Gasteiger partial charge in [0.1, 0.15) is 29.5 Å². The zero-order valence-corrected chi connectivity index (χ0v) is 32.6. The van der Waals surface area contributed by atoms with Gasteiger partial charge in [0.15, 0.2) is 0 Å². The van der Waals surface area contributed by atoms with Crippen LogP contribution < -0.4 is 10.6 Å². The van der Waals surface area contributed by atoms with E-state index in [2.05, 4.69) is 42.7 Å². The molecule has 302 valence electrons.